The molecule has 2 aromatic rings. The smallest absolute Gasteiger partial charge is 0.328 e. The molecule has 1 fully saturated rings. The largest absolute Gasteiger partial charge is 0.487 e. The lowest BCUT2D eigenvalue weighted by Gasteiger charge is -2.18. The Morgan fingerprint density at radius 1 is 1.16 bits per heavy atom. The number of imide groups is 1. The van der Waals surface area contributed by atoms with Gasteiger partial charge in [0, 0.05) is 0 Å². The Morgan fingerprint density at radius 3 is 2.35 bits per heavy atom. The molecule has 6 nitrogen and oxygen atoms in total. The van der Waals surface area contributed by atoms with Crippen LogP contribution in [0.5, 0.6) is 5.75 Å². The third-order valence-corrected chi connectivity index (χ3v) is 6.64. The average molecular weight is 569 g/mol. The Hall–Kier alpha value is -2.10. The van der Waals surface area contributed by atoms with E-state index in [-0.39, 0.29) is 4.91 Å². The van der Waals surface area contributed by atoms with Crippen LogP contribution in [-0.4, -0.2) is 35.2 Å². The van der Waals surface area contributed by atoms with E-state index in [0.717, 1.165) is 22.2 Å². The minimum atomic E-state index is -0.987. The molecule has 0 aromatic heterocycles. The fourth-order valence-corrected chi connectivity index (χ4v) is 5.24. The maximum atomic E-state index is 12.7. The van der Waals surface area contributed by atoms with Crippen LogP contribution >= 0.6 is 43.6 Å². The van der Waals surface area contributed by atoms with E-state index in [2.05, 4.69) is 36.6 Å². The highest BCUT2D eigenvalue weighted by Crippen LogP contribution is 2.38. The van der Waals surface area contributed by atoms with Gasteiger partial charge in [0.2, 0.25) is 0 Å². The van der Waals surface area contributed by atoms with Crippen LogP contribution in [0.4, 0.5) is 4.79 Å². The lowest BCUT2D eigenvalue weighted by molar-refractivity contribution is -0.148. The molecule has 2 amide bonds. The molecule has 1 aliphatic heterocycles. The number of halogens is 2. The van der Waals surface area contributed by atoms with E-state index in [1.807, 2.05) is 31.2 Å². The lowest BCUT2D eigenvalue weighted by atomic mass is 10.1. The lowest BCUT2D eigenvalue weighted by Crippen LogP contribution is -2.42. The number of rotatable bonds is 6. The van der Waals surface area contributed by atoms with E-state index in [0.29, 0.717) is 26.9 Å². The van der Waals surface area contributed by atoms with Crippen molar-refractivity contribution in [1.82, 2.24) is 4.90 Å². The number of nitrogens with zero attached hydrogens (tertiary/aromatic N) is 1. The number of esters is 1. The number of methoxy groups -OCH3 is 1. The Bertz CT molecular complexity index is 1050. The van der Waals surface area contributed by atoms with Gasteiger partial charge in [-0.15, -0.1) is 0 Å². The molecule has 0 saturated carbocycles. The van der Waals surface area contributed by atoms with Gasteiger partial charge in [-0.3, -0.25) is 14.5 Å². The van der Waals surface area contributed by atoms with Gasteiger partial charge in [0.15, 0.2) is 0 Å². The van der Waals surface area contributed by atoms with Crippen molar-refractivity contribution in [3.8, 4) is 5.75 Å². The first-order valence-electron chi connectivity index (χ1n) is 9.23. The van der Waals surface area contributed by atoms with Crippen molar-refractivity contribution in [1.29, 1.82) is 0 Å². The first-order valence-corrected chi connectivity index (χ1v) is 11.6. The predicted octanol–water partition coefficient (Wildman–Crippen LogP) is 5.70. The van der Waals surface area contributed by atoms with Gasteiger partial charge in [-0.25, -0.2) is 4.79 Å². The molecule has 0 unspecified atom stereocenters. The number of aryl methyl sites for hydroxylation is 1. The van der Waals surface area contributed by atoms with Crippen LogP contribution in [0.1, 0.15) is 23.6 Å². The topological polar surface area (TPSA) is 72.9 Å². The van der Waals surface area contributed by atoms with Gasteiger partial charge < -0.3 is 9.47 Å². The summed E-state index contributed by atoms with van der Waals surface area (Å²) in [5, 5.41) is -0.509. The van der Waals surface area contributed by atoms with Crippen LogP contribution in [0.3, 0.4) is 0 Å². The molecule has 1 saturated heterocycles. The molecular formula is C22H19Br2NO5S. The maximum Gasteiger partial charge on any atom is 0.328 e. The summed E-state index contributed by atoms with van der Waals surface area (Å²) in [6.07, 6.45) is 1.61. The zero-order chi connectivity index (χ0) is 22.7. The van der Waals surface area contributed by atoms with E-state index in [9.17, 15) is 14.4 Å². The van der Waals surface area contributed by atoms with E-state index in [1.165, 1.54) is 19.6 Å². The van der Waals surface area contributed by atoms with Crippen LogP contribution in [0.15, 0.2) is 50.2 Å². The van der Waals surface area contributed by atoms with E-state index in [1.54, 1.807) is 18.2 Å². The van der Waals surface area contributed by atoms with Crippen molar-refractivity contribution >= 4 is 66.8 Å². The molecule has 0 bridgehead atoms. The standard InChI is InChI=1S/C22H19Br2NO5S/c1-12-4-6-14(7-5-12)11-30-19-16(23)8-15(9-17(19)24)10-18-20(26)25(22(28)31-18)13(2)21(27)29-3/h4-10,13H,11H2,1-3H3/b18-10+/t13-/m0/s1. The Morgan fingerprint density at radius 2 is 1.77 bits per heavy atom. The number of amides is 2. The molecule has 0 N–H and O–H groups in total. The summed E-state index contributed by atoms with van der Waals surface area (Å²) in [4.78, 5) is 37.8. The fraction of sp³-hybridized carbons (Fsp3) is 0.227. The number of hydrogen-bond acceptors (Lipinski definition) is 6. The maximum absolute atomic E-state index is 12.7. The predicted molar refractivity (Wildman–Crippen MR) is 127 cm³/mol. The van der Waals surface area contributed by atoms with Crippen LogP contribution < -0.4 is 4.74 Å². The molecule has 1 aliphatic rings. The van der Waals surface area contributed by atoms with Crippen molar-refractivity contribution in [3.63, 3.8) is 0 Å². The van der Waals surface area contributed by atoms with Gasteiger partial charge in [0.1, 0.15) is 18.4 Å². The van der Waals surface area contributed by atoms with E-state index in [4.69, 9.17) is 4.74 Å². The number of carbonyl (C=O) groups is 3. The second kappa shape index (κ2) is 10.0. The van der Waals surface area contributed by atoms with Crippen LogP contribution in [0.25, 0.3) is 6.08 Å². The van der Waals surface area contributed by atoms with Crippen molar-refractivity contribution in [2.75, 3.05) is 7.11 Å². The summed E-state index contributed by atoms with van der Waals surface area (Å²) in [7, 11) is 1.21. The number of benzene rings is 2. The molecule has 0 radical (unpaired) electrons. The SMILES string of the molecule is COC(=O)[C@H](C)N1C(=O)S/C(=C/c2cc(Br)c(OCc3ccc(C)cc3)c(Br)c2)C1=O. The molecule has 9 heteroatoms. The normalized spacial score (nSPS) is 16.0. The van der Waals surface area contributed by atoms with Crippen molar-refractivity contribution in [3.05, 3.63) is 66.9 Å². The number of hydrogen-bond donors (Lipinski definition) is 0. The first kappa shape index (κ1) is 23.6. The third-order valence-electron chi connectivity index (χ3n) is 4.58. The summed E-state index contributed by atoms with van der Waals surface area (Å²) in [6, 6.07) is 10.7. The molecule has 1 atom stereocenters. The Balaban J connectivity index is 1.78. The van der Waals surface area contributed by atoms with Gasteiger partial charge >= 0.3 is 5.97 Å². The first-order chi connectivity index (χ1) is 14.7. The van der Waals surface area contributed by atoms with Gasteiger partial charge in [-0.2, -0.15) is 0 Å². The molecule has 162 valence electrons. The van der Waals surface area contributed by atoms with Gasteiger partial charge in [-0.05, 0) is 86.8 Å². The van der Waals surface area contributed by atoms with Crippen molar-refractivity contribution < 1.29 is 23.9 Å². The quantitative estimate of drug-likeness (QED) is 0.329. The van der Waals surface area contributed by atoms with Crippen LogP contribution in [-0.2, 0) is 20.9 Å². The highest BCUT2D eigenvalue weighted by Gasteiger charge is 2.41. The second-order valence-corrected chi connectivity index (χ2v) is 9.54. The Labute approximate surface area is 201 Å². The average Bonchev–Trinajstić information content (AvgIpc) is 3.00. The van der Waals surface area contributed by atoms with Gasteiger partial charge in [0.05, 0.1) is 21.0 Å². The summed E-state index contributed by atoms with van der Waals surface area (Å²) >= 11 is 7.80. The Kier molecular flexibility index (Phi) is 7.61. The van der Waals surface area contributed by atoms with E-state index >= 15 is 0 Å². The second-order valence-electron chi connectivity index (χ2n) is 6.84. The molecule has 1 heterocycles. The highest BCUT2D eigenvalue weighted by molar-refractivity contribution is 9.11. The molecule has 31 heavy (non-hydrogen) atoms. The zero-order valence-corrected chi connectivity index (χ0v) is 21.0. The summed E-state index contributed by atoms with van der Waals surface area (Å²) in [5.41, 5.74) is 2.92. The minimum absolute atomic E-state index is 0.230. The van der Waals surface area contributed by atoms with Crippen molar-refractivity contribution in [2.45, 2.75) is 26.5 Å². The van der Waals surface area contributed by atoms with Gasteiger partial charge in [0.25, 0.3) is 11.1 Å². The molecule has 2 aromatic carbocycles. The monoisotopic (exact) mass is 567 g/mol. The number of ether oxygens (including phenoxy) is 2. The molecule has 0 aliphatic carbocycles. The van der Waals surface area contributed by atoms with Crippen molar-refractivity contribution in [2.24, 2.45) is 0 Å². The summed E-state index contributed by atoms with van der Waals surface area (Å²) < 4.78 is 12.0. The van der Waals surface area contributed by atoms with Crippen LogP contribution in [0, 0.1) is 6.92 Å². The summed E-state index contributed by atoms with van der Waals surface area (Å²) in [6.45, 7) is 3.89. The van der Waals surface area contributed by atoms with Crippen LogP contribution in [0.2, 0.25) is 0 Å². The third kappa shape index (κ3) is 5.39. The molecule has 0 spiro atoms. The molecule has 3 rings (SSSR count). The zero-order valence-electron chi connectivity index (χ0n) is 17.0. The van der Waals surface area contributed by atoms with E-state index < -0.39 is 23.2 Å². The number of carbonyl (C=O) groups excluding carboxylic acids is 3. The molecular weight excluding hydrogens is 550 g/mol. The highest BCUT2D eigenvalue weighted by atomic mass is 79.9. The summed E-state index contributed by atoms with van der Waals surface area (Å²) in [5.74, 6) is -0.547. The number of thioether (sulfide) groups is 1. The van der Waals surface area contributed by atoms with Gasteiger partial charge in [-0.1, -0.05) is 29.8 Å². The minimum Gasteiger partial charge on any atom is -0.487 e. The fourth-order valence-electron chi connectivity index (χ4n) is 2.88.